The first kappa shape index (κ1) is 17.4. The monoisotopic (exact) mass is 355 g/mol. The van der Waals surface area contributed by atoms with Crippen molar-refractivity contribution >= 4 is 29.2 Å². The number of hydrogen-bond acceptors (Lipinski definition) is 4. The van der Waals surface area contributed by atoms with Crippen molar-refractivity contribution < 1.29 is 9.59 Å². The number of nitrogens with zero attached hydrogens (tertiary/aromatic N) is 2. The molecule has 2 aromatic heterocycles. The summed E-state index contributed by atoms with van der Waals surface area (Å²) in [6.45, 7) is 2.10. The molecule has 2 amide bonds. The standard InChI is InChI=1S/C19H21N3O2S/c23-18(4-3-16-7-11-25-14-16)21-12-15-5-9-22(10-6-15)19(24)17-2-1-8-20-13-17/h1-4,7-8,11,13-15H,5-6,9-10,12H2,(H,21,23)/b4-3+. The number of carbonyl (C=O) groups is 2. The predicted molar refractivity (Wildman–Crippen MR) is 99.2 cm³/mol. The van der Waals surface area contributed by atoms with Crippen LogP contribution in [0.5, 0.6) is 0 Å². The lowest BCUT2D eigenvalue weighted by Gasteiger charge is -2.32. The molecule has 0 aromatic carbocycles. The molecule has 3 rings (SSSR count). The number of hydrogen-bond donors (Lipinski definition) is 1. The van der Waals surface area contributed by atoms with E-state index in [4.69, 9.17) is 0 Å². The van der Waals surface area contributed by atoms with Crippen LogP contribution in [0.4, 0.5) is 0 Å². The Morgan fingerprint density at radius 2 is 2.16 bits per heavy atom. The van der Waals surface area contributed by atoms with Crippen LogP contribution in [0.1, 0.15) is 28.8 Å². The summed E-state index contributed by atoms with van der Waals surface area (Å²) < 4.78 is 0. The lowest BCUT2D eigenvalue weighted by Crippen LogP contribution is -2.41. The maximum atomic E-state index is 12.4. The summed E-state index contributed by atoms with van der Waals surface area (Å²) in [6, 6.07) is 5.55. The van der Waals surface area contributed by atoms with Gasteiger partial charge < -0.3 is 10.2 Å². The van der Waals surface area contributed by atoms with E-state index in [1.807, 2.05) is 27.8 Å². The normalized spacial score (nSPS) is 15.4. The van der Waals surface area contributed by atoms with E-state index in [1.165, 1.54) is 0 Å². The van der Waals surface area contributed by atoms with Gasteiger partial charge in [-0.3, -0.25) is 14.6 Å². The minimum Gasteiger partial charge on any atom is -0.352 e. The molecule has 1 aliphatic rings. The van der Waals surface area contributed by atoms with Gasteiger partial charge in [0.25, 0.3) is 5.91 Å². The van der Waals surface area contributed by atoms with Crippen molar-refractivity contribution in [2.75, 3.05) is 19.6 Å². The first-order valence-electron chi connectivity index (χ1n) is 8.40. The summed E-state index contributed by atoms with van der Waals surface area (Å²) in [4.78, 5) is 30.1. The second-order valence-electron chi connectivity index (χ2n) is 6.11. The zero-order valence-corrected chi connectivity index (χ0v) is 14.7. The summed E-state index contributed by atoms with van der Waals surface area (Å²) in [7, 11) is 0. The number of nitrogens with one attached hydrogen (secondary N) is 1. The topological polar surface area (TPSA) is 62.3 Å². The van der Waals surface area contributed by atoms with Gasteiger partial charge in [0.2, 0.25) is 5.91 Å². The lowest BCUT2D eigenvalue weighted by atomic mass is 9.96. The van der Waals surface area contributed by atoms with E-state index in [9.17, 15) is 9.59 Å². The van der Waals surface area contributed by atoms with Crippen LogP contribution < -0.4 is 5.32 Å². The van der Waals surface area contributed by atoms with Gasteiger partial charge in [-0.2, -0.15) is 11.3 Å². The van der Waals surface area contributed by atoms with Crippen molar-refractivity contribution in [1.82, 2.24) is 15.2 Å². The Morgan fingerprint density at radius 3 is 2.84 bits per heavy atom. The smallest absolute Gasteiger partial charge is 0.255 e. The Bertz CT molecular complexity index is 720. The quantitative estimate of drug-likeness (QED) is 0.839. The SMILES string of the molecule is O=C(/C=C/c1ccsc1)NCC1CCN(C(=O)c2cccnc2)CC1. The number of likely N-dealkylation sites (tertiary alicyclic amines) is 1. The largest absolute Gasteiger partial charge is 0.352 e. The third-order valence-electron chi connectivity index (χ3n) is 4.35. The molecule has 5 nitrogen and oxygen atoms in total. The zero-order chi connectivity index (χ0) is 17.5. The maximum absolute atomic E-state index is 12.4. The highest BCUT2D eigenvalue weighted by Crippen LogP contribution is 2.18. The van der Waals surface area contributed by atoms with Crippen LogP contribution in [0.2, 0.25) is 0 Å². The molecule has 1 fully saturated rings. The van der Waals surface area contributed by atoms with Crippen molar-refractivity contribution in [3.8, 4) is 0 Å². The number of aromatic nitrogens is 1. The van der Waals surface area contributed by atoms with Crippen LogP contribution in [0, 0.1) is 5.92 Å². The molecule has 25 heavy (non-hydrogen) atoms. The summed E-state index contributed by atoms with van der Waals surface area (Å²) >= 11 is 1.61. The summed E-state index contributed by atoms with van der Waals surface area (Å²) in [5.41, 5.74) is 1.68. The molecule has 3 heterocycles. The molecule has 6 heteroatoms. The second kappa shape index (κ2) is 8.58. The maximum Gasteiger partial charge on any atom is 0.255 e. The van der Waals surface area contributed by atoms with Gasteiger partial charge >= 0.3 is 0 Å². The molecule has 0 unspecified atom stereocenters. The number of thiophene rings is 1. The first-order valence-corrected chi connectivity index (χ1v) is 9.34. The fourth-order valence-electron chi connectivity index (χ4n) is 2.86. The van der Waals surface area contributed by atoms with Crippen LogP contribution in [-0.2, 0) is 4.79 Å². The van der Waals surface area contributed by atoms with Gasteiger partial charge in [0.05, 0.1) is 5.56 Å². The molecule has 0 aliphatic carbocycles. The zero-order valence-electron chi connectivity index (χ0n) is 13.9. The van der Waals surface area contributed by atoms with Gasteiger partial charge in [-0.1, -0.05) is 0 Å². The third kappa shape index (κ3) is 5.00. The van der Waals surface area contributed by atoms with Gasteiger partial charge in [0, 0.05) is 38.1 Å². The van der Waals surface area contributed by atoms with Crippen LogP contribution >= 0.6 is 11.3 Å². The van der Waals surface area contributed by atoms with Crippen molar-refractivity contribution in [3.63, 3.8) is 0 Å². The van der Waals surface area contributed by atoms with Gasteiger partial charge in [-0.15, -0.1) is 0 Å². The van der Waals surface area contributed by atoms with E-state index in [0.29, 0.717) is 18.0 Å². The lowest BCUT2D eigenvalue weighted by molar-refractivity contribution is -0.116. The summed E-state index contributed by atoms with van der Waals surface area (Å²) in [5, 5.41) is 6.94. The second-order valence-corrected chi connectivity index (χ2v) is 6.89. The third-order valence-corrected chi connectivity index (χ3v) is 5.05. The highest BCUT2D eigenvalue weighted by molar-refractivity contribution is 7.08. The van der Waals surface area contributed by atoms with Crippen molar-refractivity contribution in [2.45, 2.75) is 12.8 Å². The molecule has 0 bridgehead atoms. The van der Waals surface area contributed by atoms with Crippen LogP contribution in [0.25, 0.3) is 6.08 Å². The van der Waals surface area contributed by atoms with Gasteiger partial charge in [0.1, 0.15) is 0 Å². The van der Waals surface area contributed by atoms with E-state index >= 15 is 0 Å². The molecule has 130 valence electrons. The average molecular weight is 355 g/mol. The Balaban J connectivity index is 1.40. The Morgan fingerprint density at radius 1 is 1.32 bits per heavy atom. The van der Waals surface area contributed by atoms with Gasteiger partial charge in [0.15, 0.2) is 0 Å². The number of amides is 2. The van der Waals surface area contributed by atoms with Gasteiger partial charge in [-0.05, 0) is 59.4 Å². The van der Waals surface area contributed by atoms with Crippen LogP contribution in [0.15, 0.2) is 47.4 Å². The Hall–Kier alpha value is -2.47. The molecular formula is C19H21N3O2S. The average Bonchev–Trinajstić information content (AvgIpc) is 3.19. The van der Waals surface area contributed by atoms with E-state index in [1.54, 1.807) is 41.9 Å². The summed E-state index contributed by atoms with van der Waals surface area (Å²) in [5.74, 6) is 0.380. The predicted octanol–water partition coefficient (Wildman–Crippen LogP) is 2.82. The molecule has 0 atom stereocenters. The fraction of sp³-hybridized carbons (Fsp3) is 0.316. The summed E-state index contributed by atoms with van der Waals surface area (Å²) in [6.07, 6.45) is 8.47. The van der Waals surface area contributed by atoms with E-state index in [0.717, 1.165) is 31.5 Å². The molecule has 1 saturated heterocycles. The molecular weight excluding hydrogens is 334 g/mol. The Labute approximate surface area is 151 Å². The van der Waals surface area contributed by atoms with Crippen molar-refractivity contribution in [3.05, 3.63) is 58.6 Å². The minimum absolute atomic E-state index is 0.0364. The minimum atomic E-state index is -0.0694. The molecule has 0 radical (unpaired) electrons. The number of piperidine rings is 1. The first-order chi connectivity index (χ1) is 12.2. The van der Waals surface area contributed by atoms with E-state index in [2.05, 4.69) is 10.3 Å². The molecule has 1 aliphatic heterocycles. The van der Waals surface area contributed by atoms with Crippen LogP contribution in [-0.4, -0.2) is 41.3 Å². The van der Waals surface area contributed by atoms with E-state index in [-0.39, 0.29) is 11.8 Å². The highest BCUT2D eigenvalue weighted by atomic mass is 32.1. The van der Waals surface area contributed by atoms with Crippen molar-refractivity contribution in [1.29, 1.82) is 0 Å². The van der Waals surface area contributed by atoms with Crippen LogP contribution in [0.3, 0.4) is 0 Å². The molecule has 0 saturated carbocycles. The number of carbonyl (C=O) groups excluding carboxylic acids is 2. The van der Waals surface area contributed by atoms with Crippen molar-refractivity contribution in [2.24, 2.45) is 5.92 Å². The van der Waals surface area contributed by atoms with E-state index < -0.39 is 0 Å². The molecule has 2 aromatic rings. The number of pyridine rings is 1. The van der Waals surface area contributed by atoms with Gasteiger partial charge in [-0.25, -0.2) is 0 Å². The molecule has 0 spiro atoms. The Kier molecular flexibility index (Phi) is 5.95. The highest BCUT2D eigenvalue weighted by Gasteiger charge is 2.23. The number of rotatable bonds is 5. The molecule has 1 N–H and O–H groups in total. The fourth-order valence-corrected chi connectivity index (χ4v) is 3.49.